The molecule has 0 aliphatic rings. The Morgan fingerprint density at radius 1 is 1.42 bits per heavy atom. The Morgan fingerprint density at radius 3 is 2.63 bits per heavy atom. The fraction of sp³-hybridized carbons (Fsp3) is 0.286. The lowest BCUT2D eigenvalue weighted by Gasteiger charge is -2.11. The molecule has 0 atom stereocenters. The number of halogens is 1. The lowest BCUT2D eigenvalue weighted by Crippen LogP contribution is -2.18. The van der Waals surface area contributed by atoms with E-state index in [4.69, 9.17) is 11.1 Å². The minimum absolute atomic E-state index is 0.0933. The van der Waals surface area contributed by atoms with Gasteiger partial charge in [-0.15, -0.1) is 0 Å². The van der Waals surface area contributed by atoms with Crippen LogP contribution in [0.3, 0.4) is 0 Å². The molecule has 1 aromatic carbocycles. The van der Waals surface area contributed by atoms with Crippen LogP contribution in [-0.2, 0) is 6.42 Å². The normalized spacial score (nSPS) is 10.7. The van der Waals surface area contributed by atoms with Crippen molar-refractivity contribution in [2.24, 2.45) is 5.73 Å². The topological polar surface area (TPSA) is 67.7 Å². The van der Waals surface area contributed by atoms with Crippen LogP contribution in [0.15, 0.2) is 18.2 Å². The van der Waals surface area contributed by atoms with E-state index < -0.39 is 5.82 Å². The van der Waals surface area contributed by atoms with Crippen molar-refractivity contribution < 1.29 is 4.39 Å². The third kappa shape index (κ3) is 2.12. The molecule has 0 radical (unpaired) electrons. The van der Waals surface area contributed by atoms with Crippen LogP contribution in [-0.4, -0.2) is 15.6 Å². The molecule has 5 heteroatoms. The van der Waals surface area contributed by atoms with E-state index in [2.05, 4.69) is 12.0 Å². The molecule has 2 rings (SSSR count). The van der Waals surface area contributed by atoms with E-state index in [9.17, 15) is 4.39 Å². The van der Waals surface area contributed by atoms with E-state index in [1.54, 1.807) is 16.8 Å². The number of benzene rings is 1. The smallest absolute Gasteiger partial charge is 0.136 e. The van der Waals surface area contributed by atoms with Crippen LogP contribution in [0.25, 0.3) is 5.69 Å². The summed E-state index contributed by atoms with van der Waals surface area (Å²) >= 11 is 0. The predicted octanol–water partition coefficient (Wildman–Crippen LogP) is 2.47. The molecular formula is C14H17FN4. The van der Waals surface area contributed by atoms with E-state index in [-0.39, 0.29) is 11.4 Å². The van der Waals surface area contributed by atoms with Crippen LogP contribution in [0.1, 0.15) is 29.4 Å². The number of nitrogens with two attached hydrogens (primary N) is 1. The number of aryl methyl sites for hydroxylation is 1. The Morgan fingerprint density at radius 2 is 2.11 bits per heavy atom. The number of rotatable bonds is 3. The Bertz CT molecular complexity index is 643. The first-order valence-electron chi connectivity index (χ1n) is 6.15. The fourth-order valence-electron chi connectivity index (χ4n) is 2.38. The summed E-state index contributed by atoms with van der Waals surface area (Å²) in [5.41, 5.74) is 9.09. The molecule has 19 heavy (non-hydrogen) atoms. The van der Waals surface area contributed by atoms with Crippen molar-refractivity contribution in [1.29, 1.82) is 5.41 Å². The van der Waals surface area contributed by atoms with E-state index >= 15 is 0 Å². The van der Waals surface area contributed by atoms with Gasteiger partial charge >= 0.3 is 0 Å². The maximum atomic E-state index is 13.8. The highest BCUT2D eigenvalue weighted by atomic mass is 19.1. The van der Waals surface area contributed by atoms with Gasteiger partial charge in [0.25, 0.3) is 0 Å². The molecule has 0 aliphatic carbocycles. The summed E-state index contributed by atoms with van der Waals surface area (Å²) in [5.74, 6) is -0.797. The first kappa shape index (κ1) is 13.3. The maximum Gasteiger partial charge on any atom is 0.136 e. The Hall–Kier alpha value is -2.17. The molecule has 0 unspecified atom stereocenters. The van der Waals surface area contributed by atoms with Crippen molar-refractivity contribution >= 4 is 5.84 Å². The molecule has 2 aromatic rings. The van der Waals surface area contributed by atoms with Gasteiger partial charge in [-0.05, 0) is 38.0 Å². The molecule has 100 valence electrons. The monoisotopic (exact) mass is 260 g/mol. The van der Waals surface area contributed by atoms with Crippen molar-refractivity contribution in [2.45, 2.75) is 27.2 Å². The Kier molecular flexibility index (Phi) is 3.38. The summed E-state index contributed by atoms with van der Waals surface area (Å²) in [6.45, 7) is 5.92. The molecule has 1 aromatic heterocycles. The summed E-state index contributed by atoms with van der Waals surface area (Å²) in [6.07, 6.45) is 0.863. The van der Waals surface area contributed by atoms with Crippen molar-refractivity contribution in [2.75, 3.05) is 0 Å². The fourth-order valence-corrected chi connectivity index (χ4v) is 2.38. The molecule has 0 bridgehead atoms. The van der Waals surface area contributed by atoms with Gasteiger partial charge in [0.2, 0.25) is 0 Å². The standard InChI is InChI=1S/C14H17FN4/c1-4-10-8(2)18-19(9(10)3)12-7-5-6-11(15)13(12)14(16)17/h5-7H,4H2,1-3H3,(H3,16,17). The van der Waals surface area contributed by atoms with Crippen molar-refractivity contribution in [3.63, 3.8) is 0 Å². The summed E-state index contributed by atoms with van der Waals surface area (Å²) in [7, 11) is 0. The van der Waals surface area contributed by atoms with Gasteiger partial charge in [-0.3, -0.25) is 5.41 Å². The Labute approximate surface area is 111 Å². The third-order valence-corrected chi connectivity index (χ3v) is 3.28. The minimum Gasteiger partial charge on any atom is -0.384 e. The van der Waals surface area contributed by atoms with Gasteiger partial charge in [-0.25, -0.2) is 9.07 Å². The molecule has 1 heterocycles. The minimum atomic E-state index is -0.504. The van der Waals surface area contributed by atoms with E-state index in [0.717, 1.165) is 23.4 Å². The van der Waals surface area contributed by atoms with E-state index in [1.807, 2.05) is 13.8 Å². The molecule has 0 amide bonds. The summed E-state index contributed by atoms with van der Waals surface area (Å²) in [4.78, 5) is 0. The maximum absolute atomic E-state index is 13.8. The van der Waals surface area contributed by atoms with Gasteiger partial charge < -0.3 is 5.73 Å². The van der Waals surface area contributed by atoms with Crippen LogP contribution in [0.2, 0.25) is 0 Å². The van der Waals surface area contributed by atoms with Crippen molar-refractivity contribution in [3.05, 3.63) is 46.5 Å². The second-order valence-corrected chi connectivity index (χ2v) is 4.46. The number of amidine groups is 1. The highest BCUT2D eigenvalue weighted by Gasteiger charge is 2.17. The lowest BCUT2D eigenvalue weighted by atomic mass is 10.1. The molecular weight excluding hydrogens is 243 g/mol. The van der Waals surface area contributed by atoms with E-state index in [1.165, 1.54) is 6.07 Å². The number of nitrogens with one attached hydrogen (secondary N) is 1. The van der Waals surface area contributed by atoms with Crippen LogP contribution < -0.4 is 5.73 Å². The van der Waals surface area contributed by atoms with Crippen molar-refractivity contribution in [3.8, 4) is 5.69 Å². The highest BCUT2D eigenvalue weighted by molar-refractivity contribution is 5.98. The van der Waals surface area contributed by atoms with Gasteiger partial charge in [0.05, 0.1) is 16.9 Å². The third-order valence-electron chi connectivity index (χ3n) is 3.28. The zero-order valence-corrected chi connectivity index (χ0v) is 11.3. The second-order valence-electron chi connectivity index (χ2n) is 4.46. The van der Waals surface area contributed by atoms with Gasteiger partial charge in [0.1, 0.15) is 11.7 Å². The zero-order chi connectivity index (χ0) is 14.2. The predicted molar refractivity (Wildman–Crippen MR) is 73.4 cm³/mol. The second kappa shape index (κ2) is 4.84. The summed E-state index contributed by atoms with van der Waals surface area (Å²) < 4.78 is 15.5. The molecule has 0 saturated heterocycles. The number of aromatic nitrogens is 2. The molecule has 0 aliphatic heterocycles. The van der Waals surface area contributed by atoms with Crippen LogP contribution >= 0.6 is 0 Å². The van der Waals surface area contributed by atoms with Gasteiger partial charge in [0.15, 0.2) is 0 Å². The lowest BCUT2D eigenvalue weighted by molar-refractivity contribution is 0.621. The average molecular weight is 260 g/mol. The highest BCUT2D eigenvalue weighted by Crippen LogP contribution is 2.22. The molecule has 0 spiro atoms. The summed E-state index contributed by atoms with van der Waals surface area (Å²) in [6, 6.07) is 4.62. The zero-order valence-electron chi connectivity index (χ0n) is 11.3. The first-order valence-corrected chi connectivity index (χ1v) is 6.15. The quantitative estimate of drug-likeness (QED) is 0.657. The van der Waals surface area contributed by atoms with Gasteiger partial charge in [-0.2, -0.15) is 5.10 Å². The molecule has 0 saturated carbocycles. The van der Waals surface area contributed by atoms with Crippen LogP contribution in [0, 0.1) is 25.1 Å². The summed E-state index contributed by atoms with van der Waals surface area (Å²) in [5, 5.41) is 12.0. The number of nitrogen functional groups attached to an aromatic ring is 1. The van der Waals surface area contributed by atoms with Gasteiger partial charge in [0, 0.05) is 5.69 Å². The van der Waals surface area contributed by atoms with E-state index in [0.29, 0.717) is 5.69 Å². The average Bonchev–Trinajstić information content (AvgIpc) is 2.63. The first-order chi connectivity index (χ1) is 8.97. The Balaban J connectivity index is 2.73. The van der Waals surface area contributed by atoms with Crippen LogP contribution in [0.4, 0.5) is 4.39 Å². The largest absolute Gasteiger partial charge is 0.384 e. The molecule has 4 nitrogen and oxygen atoms in total. The molecule has 3 N–H and O–H groups in total. The van der Waals surface area contributed by atoms with Crippen molar-refractivity contribution in [1.82, 2.24) is 9.78 Å². The SMILES string of the molecule is CCc1c(C)nn(-c2cccc(F)c2C(=N)N)c1C. The molecule has 0 fully saturated rings. The van der Waals surface area contributed by atoms with Crippen LogP contribution in [0.5, 0.6) is 0 Å². The number of hydrogen-bond acceptors (Lipinski definition) is 2. The number of nitrogens with zero attached hydrogens (tertiary/aromatic N) is 2. The number of hydrogen-bond donors (Lipinski definition) is 2. The van der Waals surface area contributed by atoms with Gasteiger partial charge in [-0.1, -0.05) is 13.0 Å².